The van der Waals surface area contributed by atoms with Gasteiger partial charge in [0.05, 0.1) is 5.69 Å². The summed E-state index contributed by atoms with van der Waals surface area (Å²) in [7, 11) is 0. The van der Waals surface area contributed by atoms with Gasteiger partial charge in [-0.3, -0.25) is 9.78 Å². The van der Waals surface area contributed by atoms with Crippen LogP contribution in [0.3, 0.4) is 0 Å². The normalized spacial score (nSPS) is 10.5. The van der Waals surface area contributed by atoms with E-state index in [2.05, 4.69) is 27.8 Å². The summed E-state index contributed by atoms with van der Waals surface area (Å²) in [6.45, 7) is 0.481. The number of nitrogens with one attached hydrogen (secondary N) is 1. The van der Waals surface area contributed by atoms with Gasteiger partial charge in [-0.15, -0.1) is 11.3 Å². The molecular formula is C22H17N3OS. The van der Waals surface area contributed by atoms with Gasteiger partial charge in [0, 0.05) is 41.0 Å². The number of carbonyl (C=O) groups excluding carboxylic acids is 1. The van der Waals surface area contributed by atoms with Gasteiger partial charge in [0.2, 0.25) is 0 Å². The monoisotopic (exact) mass is 371 g/mol. The van der Waals surface area contributed by atoms with Gasteiger partial charge in [0.25, 0.3) is 5.91 Å². The number of benzene rings is 2. The number of aromatic nitrogens is 2. The first kappa shape index (κ1) is 17.1. The van der Waals surface area contributed by atoms with E-state index in [9.17, 15) is 4.79 Å². The van der Waals surface area contributed by atoms with Gasteiger partial charge in [-0.25, -0.2) is 4.98 Å². The molecule has 0 aliphatic carbocycles. The van der Waals surface area contributed by atoms with E-state index in [4.69, 9.17) is 4.98 Å². The molecule has 0 bridgehead atoms. The van der Waals surface area contributed by atoms with Gasteiger partial charge in [0.15, 0.2) is 0 Å². The Hall–Kier alpha value is -3.31. The van der Waals surface area contributed by atoms with E-state index in [0.717, 1.165) is 27.4 Å². The number of nitrogens with zero attached hydrogens (tertiary/aromatic N) is 2. The van der Waals surface area contributed by atoms with Gasteiger partial charge in [-0.2, -0.15) is 0 Å². The molecule has 0 saturated carbocycles. The number of pyridine rings is 1. The van der Waals surface area contributed by atoms with Crippen LogP contribution in [0.4, 0.5) is 0 Å². The van der Waals surface area contributed by atoms with E-state index < -0.39 is 0 Å². The first-order valence-electron chi connectivity index (χ1n) is 8.58. The van der Waals surface area contributed by atoms with Gasteiger partial charge < -0.3 is 5.32 Å². The van der Waals surface area contributed by atoms with Crippen LogP contribution in [-0.4, -0.2) is 15.9 Å². The second-order valence-electron chi connectivity index (χ2n) is 6.02. The Labute approximate surface area is 161 Å². The third kappa shape index (κ3) is 4.10. The Kier molecular flexibility index (Phi) is 5.03. The van der Waals surface area contributed by atoms with Crippen molar-refractivity contribution in [2.75, 3.05) is 0 Å². The lowest BCUT2D eigenvalue weighted by Gasteiger charge is -2.06. The molecule has 0 atom stereocenters. The topological polar surface area (TPSA) is 54.9 Å². The lowest BCUT2D eigenvalue weighted by Crippen LogP contribution is -2.22. The predicted octanol–water partition coefficient (Wildman–Crippen LogP) is 4.80. The molecule has 4 aromatic rings. The fourth-order valence-corrected chi connectivity index (χ4v) is 3.54. The van der Waals surface area contributed by atoms with Crippen LogP contribution in [0.15, 0.2) is 84.5 Å². The minimum Gasteiger partial charge on any atom is -0.348 e. The first-order valence-corrected chi connectivity index (χ1v) is 9.46. The highest BCUT2D eigenvalue weighted by Gasteiger charge is 2.07. The quantitative estimate of drug-likeness (QED) is 0.548. The van der Waals surface area contributed by atoms with E-state index >= 15 is 0 Å². The fraction of sp³-hybridized carbons (Fsp3) is 0.0455. The number of hydrogen-bond acceptors (Lipinski definition) is 4. The fourth-order valence-electron chi connectivity index (χ4n) is 2.70. The van der Waals surface area contributed by atoms with Crippen molar-refractivity contribution < 1.29 is 4.79 Å². The molecule has 4 nitrogen and oxygen atoms in total. The second-order valence-corrected chi connectivity index (χ2v) is 6.88. The third-order valence-corrected chi connectivity index (χ3v) is 5.06. The molecule has 0 aliphatic rings. The van der Waals surface area contributed by atoms with Crippen LogP contribution in [0.25, 0.3) is 21.8 Å². The van der Waals surface area contributed by atoms with Crippen molar-refractivity contribution in [1.82, 2.24) is 15.3 Å². The lowest BCUT2D eigenvalue weighted by atomic mass is 10.1. The van der Waals surface area contributed by atoms with Crippen LogP contribution in [0, 0.1) is 0 Å². The van der Waals surface area contributed by atoms with E-state index in [1.807, 2.05) is 42.5 Å². The van der Waals surface area contributed by atoms with Crippen molar-refractivity contribution in [2.24, 2.45) is 0 Å². The Balaban J connectivity index is 1.42. The molecule has 2 aromatic heterocycles. The van der Waals surface area contributed by atoms with E-state index in [-0.39, 0.29) is 5.91 Å². The molecule has 132 valence electrons. The van der Waals surface area contributed by atoms with Crippen molar-refractivity contribution in [1.29, 1.82) is 0 Å². The minimum absolute atomic E-state index is 0.103. The van der Waals surface area contributed by atoms with E-state index in [1.54, 1.807) is 35.9 Å². The van der Waals surface area contributed by atoms with Crippen molar-refractivity contribution >= 4 is 17.2 Å². The summed E-state index contributed by atoms with van der Waals surface area (Å²) in [6.07, 6.45) is 3.23. The van der Waals surface area contributed by atoms with Gasteiger partial charge in [-0.1, -0.05) is 54.6 Å². The highest BCUT2D eigenvalue weighted by atomic mass is 32.1. The maximum atomic E-state index is 12.1. The molecule has 27 heavy (non-hydrogen) atoms. The van der Waals surface area contributed by atoms with Gasteiger partial charge in [0.1, 0.15) is 5.01 Å². The zero-order valence-corrected chi connectivity index (χ0v) is 15.3. The molecule has 0 unspecified atom stereocenters. The molecule has 0 spiro atoms. The summed E-state index contributed by atoms with van der Waals surface area (Å²) in [5, 5.41) is 5.98. The van der Waals surface area contributed by atoms with Gasteiger partial charge in [-0.05, 0) is 17.7 Å². The SMILES string of the molecule is O=C(NCc1ccc(-c2nc(-c3ccccc3)cs2)cc1)c1ccncc1. The van der Waals surface area contributed by atoms with Crippen LogP contribution >= 0.6 is 11.3 Å². The van der Waals surface area contributed by atoms with Crippen molar-refractivity contribution in [3.63, 3.8) is 0 Å². The highest BCUT2D eigenvalue weighted by Crippen LogP contribution is 2.28. The minimum atomic E-state index is -0.103. The lowest BCUT2D eigenvalue weighted by molar-refractivity contribution is 0.0951. The van der Waals surface area contributed by atoms with Crippen LogP contribution < -0.4 is 5.32 Å². The van der Waals surface area contributed by atoms with Crippen LogP contribution in [0.5, 0.6) is 0 Å². The smallest absolute Gasteiger partial charge is 0.251 e. The van der Waals surface area contributed by atoms with Crippen molar-refractivity contribution in [3.8, 4) is 21.8 Å². The van der Waals surface area contributed by atoms with Crippen LogP contribution in [0.1, 0.15) is 15.9 Å². The molecule has 0 aliphatic heterocycles. The number of rotatable bonds is 5. The highest BCUT2D eigenvalue weighted by molar-refractivity contribution is 7.13. The van der Waals surface area contributed by atoms with Gasteiger partial charge >= 0.3 is 0 Å². The number of carbonyl (C=O) groups is 1. The maximum Gasteiger partial charge on any atom is 0.251 e. The third-order valence-electron chi connectivity index (χ3n) is 4.17. The largest absolute Gasteiger partial charge is 0.348 e. The number of thiazole rings is 1. The standard InChI is InChI=1S/C22H17N3OS/c26-21(18-10-12-23-13-11-18)24-14-16-6-8-19(9-7-16)22-25-20(15-27-22)17-4-2-1-3-5-17/h1-13,15H,14H2,(H,24,26). The molecule has 1 amide bonds. The molecule has 2 heterocycles. The molecule has 0 saturated heterocycles. The van der Waals surface area contributed by atoms with Crippen LogP contribution in [0.2, 0.25) is 0 Å². The zero-order valence-electron chi connectivity index (χ0n) is 14.5. The van der Waals surface area contributed by atoms with E-state index in [1.165, 1.54) is 0 Å². The first-order chi connectivity index (χ1) is 13.3. The summed E-state index contributed by atoms with van der Waals surface area (Å²) in [5.74, 6) is -0.103. The molecule has 2 aromatic carbocycles. The van der Waals surface area contributed by atoms with Crippen LogP contribution in [-0.2, 0) is 6.54 Å². The summed E-state index contributed by atoms with van der Waals surface area (Å²) in [4.78, 5) is 20.8. The molecular weight excluding hydrogens is 354 g/mol. The average Bonchev–Trinajstić information content (AvgIpc) is 3.24. The summed E-state index contributed by atoms with van der Waals surface area (Å²) in [6, 6.07) is 21.7. The van der Waals surface area contributed by atoms with Crippen molar-refractivity contribution in [2.45, 2.75) is 6.54 Å². The number of amides is 1. The Morgan fingerprint density at radius 2 is 1.63 bits per heavy atom. The molecule has 4 rings (SSSR count). The molecule has 0 fully saturated rings. The molecule has 0 radical (unpaired) electrons. The average molecular weight is 371 g/mol. The summed E-state index contributed by atoms with van der Waals surface area (Å²) in [5.41, 5.74) is 4.84. The Bertz CT molecular complexity index is 1030. The van der Waals surface area contributed by atoms with Crippen molar-refractivity contribution in [3.05, 3.63) is 95.6 Å². The predicted molar refractivity (Wildman–Crippen MR) is 108 cm³/mol. The zero-order chi connectivity index (χ0) is 18.5. The Morgan fingerprint density at radius 1 is 0.889 bits per heavy atom. The molecule has 1 N–H and O–H groups in total. The Morgan fingerprint density at radius 3 is 2.37 bits per heavy atom. The second kappa shape index (κ2) is 7.93. The summed E-state index contributed by atoms with van der Waals surface area (Å²) >= 11 is 1.63. The molecule has 5 heteroatoms. The number of hydrogen-bond donors (Lipinski definition) is 1. The van der Waals surface area contributed by atoms with E-state index in [0.29, 0.717) is 12.1 Å². The summed E-state index contributed by atoms with van der Waals surface area (Å²) < 4.78 is 0. The maximum absolute atomic E-state index is 12.1.